The minimum Gasteiger partial charge on any atom is -0.332 e. The van der Waals surface area contributed by atoms with Gasteiger partial charge in [-0.25, -0.2) is 19.3 Å². The highest BCUT2D eigenvalue weighted by Gasteiger charge is 2.49. The van der Waals surface area contributed by atoms with Gasteiger partial charge < -0.3 is 4.90 Å². The zero-order valence-electron chi connectivity index (χ0n) is 18.3. The Bertz CT molecular complexity index is 1210. The molecular formula is C24H21F4N5O. The van der Waals surface area contributed by atoms with E-state index in [-0.39, 0.29) is 29.7 Å². The summed E-state index contributed by atoms with van der Waals surface area (Å²) in [5, 5.41) is 0. The minimum atomic E-state index is -4.53. The standard InChI is InChI=1S/C24H21F4N5O/c1-13-3-2-4-18(21(13)22-31-9-15(25)10-32-22)23(34)33-17-5-6-19(33)14(8-17)7-16-11-30-20(12-29-16)24(26,27)28/h2-4,9-12,14,17,19H,5-8H2,1H3. The van der Waals surface area contributed by atoms with Gasteiger partial charge in [-0.05, 0) is 50.2 Å². The Hall–Kier alpha value is -3.43. The average molecular weight is 471 g/mol. The van der Waals surface area contributed by atoms with Crippen LogP contribution in [0.15, 0.2) is 43.0 Å². The molecule has 0 spiro atoms. The molecule has 10 heteroatoms. The fourth-order valence-electron chi connectivity index (χ4n) is 5.25. The van der Waals surface area contributed by atoms with Crippen molar-refractivity contribution in [3.63, 3.8) is 0 Å². The van der Waals surface area contributed by atoms with Crippen LogP contribution in [0.5, 0.6) is 0 Å². The molecule has 0 aliphatic carbocycles. The van der Waals surface area contributed by atoms with E-state index in [0.717, 1.165) is 43.4 Å². The van der Waals surface area contributed by atoms with Crippen molar-refractivity contribution in [3.8, 4) is 11.4 Å². The second-order valence-electron chi connectivity index (χ2n) is 8.82. The van der Waals surface area contributed by atoms with Gasteiger partial charge in [-0.15, -0.1) is 0 Å². The maximum Gasteiger partial charge on any atom is 0.434 e. The number of hydrogen-bond acceptors (Lipinski definition) is 5. The summed E-state index contributed by atoms with van der Waals surface area (Å²) in [6.45, 7) is 1.85. The van der Waals surface area contributed by atoms with E-state index in [9.17, 15) is 22.4 Å². The van der Waals surface area contributed by atoms with E-state index < -0.39 is 17.7 Å². The Morgan fingerprint density at radius 1 is 1.06 bits per heavy atom. The maximum absolute atomic E-state index is 13.7. The molecule has 1 aromatic carbocycles. The quantitative estimate of drug-likeness (QED) is 0.519. The first kappa shape index (κ1) is 22.4. The highest BCUT2D eigenvalue weighted by Crippen LogP contribution is 2.44. The Balaban J connectivity index is 1.39. The lowest BCUT2D eigenvalue weighted by atomic mass is 9.86. The largest absolute Gasteiger partial charge is 0.434 e. The van der Waals surface area contributed by atoms with Crippen molar-refractivity contribution in [2.45, 2.75) is 50.9 Å². The van der Waals surface area contributed by atoms with E-state index in [1.165, 1.54) is 6.20 Å². The van der Waals surface area contributed by atoms with Crippen LogP contribution < -0.4 is 0 Å². The normalized spacial score (nSPS) is 21.8. The van der Waals surface area contributed by atoms with Gasteiger partial charge in [-0.1, -0.05) is 12.1 Å². The topological polar surface area (TPSA) is 71.9 Å². The van der Waals surface area contributed by atoms with E-state index in [2.05, 4.69) is 19.9 Å². The molecule has 3 atom stereocenters. The molecule has 2 fully saturated rings. The number of nitrogens with zero attached hydrogens (tertiary/aromatic N) is 5. The van der Waals surface area contributed by atoms with Crippen molar-refractivity contribution in [1.82, 2.24) is 24.8 Å². The third kappa shape index (κ3) is 4.01. The first-order chi connectivity index (χ1) is 16.2. The number of halogens is 4. The molecular weight excluding hydrogens is 450 g/mol. The Morgan fingerprint density at radius 2 is 1.82 bits per heavy atom. The van der Waals surface area contributed by atoms with Gasteiger partial charge in [0, 0.05) is 23.8 Å². The number of rotatable bonds is 4. The minimum absolute atomic E-state index is 0.0379. The summed E-state index contributed by atoms with van der Waals surface area (Å²) in [5.41, 5.74) is 1.30. The van der Waals surface area contributed by atoms with Gasteiger partial charge in [0.15, 0.2) is 17.3 Å². The lowest BCUT2D eigenvalue weighted by Crippen LogP contribution is -2.37. The smallest absolute Gasteiger partial charge is 0.332 e. The van der Waals surface area contributed by atoms with E-state index in [4.69, 9.17) is 0 Å². The van der Waals surface area contributed by atoms with Crippen LogP contribution in [0.3, 0.4) is 0 Å². The summed E-state index contributed by atoms with van der Waals surface area (Å²) in [5.74, 6) is -0.327. The van der Waals surface area contributed by atoms with Gasteiger partial charge in [0.1, 0.15) is 0 Å². The predicted molar refractivity (Wildman–Crippen MR) is 114 cm³/mol. The van der Waals surface area contributed by atoms with Crippen molar-refractivity contribution in [3.05, 3.63) is 71.3 Å². The van der Waals surface area contributed by atoms with Crippen molar-refractivity contribution in [2.75, 3.05) is 0 Å². The van der Waals surface area contributed by atoms with Crippen LogP contribution in [-0.4, -0.2) is 42.8 Å². The van der Waals surface area contributed by atoms with Crippen LogP contribution >= 0.6 is 0 Å². The second-order valence-corrected chi connectivity index (χ2v) is 8.82. The van der Waals surface area contributed by atoms with E-state index >= 15 is 0 Å². The third-order valence-electron chi connectivity index (χ3n) is 6.71. The van der Waals surface area contributed by atoms with Crippen molar-refractivity contribution < 1.29 is 22.4 Å². The third-order valence-corrected chi connectivity index (χ3v) is 6.71. The number of benzene rings is 1. The van der Waals surface area contributed by atoms with Crippen LogP contribution in [0.1, 0.15) is 46.6 Å². The number of alkyl halides is 3. The first-order valence-electron chi connectivity index (χ1n) is 11.0. The molecule has 2 aliphatic rings. The Morgan fingerprint density at radius 3 is 2.50 bits per heavy atom. The number of carbonyl (C=O) groups is 1. The van der Waals surface area contributed by atoms with E-state index in [1.807, 2.05) is 17.9 Å². The fourth-order valence-corrected chi connectivity index (χ4v) is 5.25. The molecule has 0 saturated carbocycles. The molecule has 4 heterocycles. The highest BCUT2D eigenvalue weighted by molar-refractivity contribution is 6.01. The molecule has 0 N–H and O–H groups in total. The van der Waals surface area contributed by atoms with Crippen LogP contribution in [0.4, 0.5) is 17.6 Å². The van der Waals surface area contributed by atoms with Crippen LogP contribution in [0.2, 0.25) is 0 Å². The number of amides is 1. The molecule has 3 aromatic rings. The summed E-state index contributed by atoms with van der Waals surface area (Å²) in [6, 6.07) is 5.38. The molecule has 176 valence electrons. The van der Waals surface area contributed by atoms with Gasteiger partial charge in [-0.3, -0.25) is 9.78 Å². The van der Waals surface area contributed by atoms with Crippen molar-refractivity contribution in [1.29, 1.82) is 0 Å². The zero-order valence-corrected chi connectivity index (χ0v) is 18.3. The SMILES string of the molecule is Cc1cccc(C(=O)N2C3CCC2C(Cc2cnc(C(F)(F)F)cn2)C3)c1-c1ncc(F)cn1. The van der Waals surface area contributed by atoms with Gasteiger partial charge in [0.05, 0.1) is 29.8 Å². The van der Waals surface area contributed by atoms with Gasteiger partial charge >= 0.3 is 6.18 Å². The summed E-state index contributed by atoms with van der Waals surface area (Å²) in [4.78, 5) is 31.2. The number of aromatic nitrogens is 4. The van der Waals surface area contributed by atoms with E-state index in [0.29, 0.717) is 23.2 Å². The Kier molecular flexibility index (Phi) is 5.53. The van der Waals surface area contributed by atoms with Crippen LogP contribution in [0.25, 0.3) is 11.4 Å². The average Bonchev–Trinajstić information content (AvgIpc) is 3.37. The van der Waals surface area contributed by atoms with Crippen LogP contribution in [0, 0.1) is 18.7 Å². The molecule has 3 unspecified atom stereocenters. The number of carbonyl (C=O) groups excluding carboxylic acids is 1. The lowest BCUT2D eigenvalue weighted by Gasteiger charge is -2.25. The number of aryl methyl sites for hydroxylation is 1. The van der Waals surface area contributed by atoms with Gasteiger partial charge in [0.2, 0.25) is 0 Å². The van der Waals surface area contributed by atoms with Crippen LogP contribution in [-0.2, 0) is 12.6 Å². The number of fused-ring (bicyclic) bond motifs is 2. The van der Waals surface area contributed by atoms with E-state index in [1.54, 1.807) is 12.1 Å². The summed E-state index contributed by atoms with van der Waals surface area (Å²) in [6.07, 6.45) is 2.46. The molecule has 2 aromatic heterocycles. The molecule has 2 aliphatic heterocycles. The molecule has 6 nitrogen and oxygen atoms in total. The molecule has 2 bridgehead atoms. The fraction of sp³-hybridized carbons (Fsp3) is 0.375. The molecule has 2 saturated heterocycles. The monoisotopic (exact) mass is 471 g/mol. The zero-order chi connectivity index (χ0) is 24.0. The number of hydrogen-bond donors (Lipinski definition) is 0. The second kappa shape index (κ2) is 8.41. The maximum atomic E-state index is 13.7. The lowest BCUT2D eigenvalue weighted by molar-refractivity contribution is -0.141. The molecule has 5 rings (SSSR count). The molecule has 1 amide bonds. The molecule has 34 heavy (non-hydrogen) atoms. The van der Waals surface area contributed by atoms with Gasteiger partial charge in [-0.2, -0.15) is 13.2 Å². The highest BCUT2D eigenvalue weighted by atomic mass is 19.4. The van der Waals surface area contributed by atoms with Crippen molar-refractivity contribution in [2.24, 2.45) is 5.92 Å². The van der Waals surface area contributed by atoms with Crippen molar-refractivity contribution >= 4 is 5.91 Å². The summed E-state index contributed by atoms with van der Waals surface area (Å²) >= 11 is 0. The summed E-state index contributed by atoms with van der Waals surface area (Å²) < 4.78 is 51.7. The predicted octanol–water partition coefficient (Wildman–Crippen LogP) is 4.64. The summed E-state index contributed by atoms with van der Waals surface area (Å²) in [7, 11) is 0. The van der Waals surface area contributed by atoms with Gasteiger partial charge in [0.25, 0.3) is 5.91 Å². The first-order valence-corrected chi connectivity index (χ1v) is 11.0. The molecule has 0 radical (unpaired) electrons. The Labute approximate surface area is 193 Å².